The maximum atomic E-state index is 11.7. The average Bonchev–Trinajstić information content (AvgIpc) is 2.67. The van der Waals surface area contributed by atoms with Crippen molar-refractivity contribution < 1.29 is 4.79 Å². The number of nitrogens with zero attached hydrogens (tertiary/aromatic N) is 2. The van der Waals surface area contributed by atoms with Gasteiger partial charge in [0.2, 0.25) is 0 Å². The highest BCUT2D eigenvalue weighted by atomic mass is 127. The van der Waals surface area contributed by atoms with Crippen molar-refractivity contribution in [2.75, 3.05) is 0 Å². The highest BCUT2D eigenvalue weighted by Gasteiger charge is 2.27. The number of urea groups is 1. The fourth-order valence-corrected chi connectivity index (χ4v) is 2.20. The SMILES string of the molecule is CC(C)NC(=O)N1Cc2[nH]nc(I)c2C1. The van der Waals surface area contributed by atoms with E-state index < -0.39 is 0 Å². The molecule has 82 valence electrons. The number of carbonyl (C=O) groups excluding carboxylic acids is 1. The molecule has 0 atom stereocenters. The largest absolute Gasteiger partial charge is 0.336 e. The van der Waals surface area contributed by atoms with E-state index in [1.807, 2.05) is 13.8 Å². The fraction of sp³-hybridized carbons (Fsp3) is 0.556. The molecule has 0 radical (unpaired) electrons. The standard InChI is InChI=1S/C9H13IN4O/c1-5(2)11-9(15)14-3-6-7(4-14)12-13-8(6)10/h5H,3-4H2,1-2H3,(H,11,15)(H,12,13). The summed E-state index contributed by atoms with van der Waals surface area (Å²) >= 11 is 2.18. The summed E-state index contributed by atoms with van der Waals surface area (Å²) in [6.07, 6.45) is 0. The number of aromatic nitrogens is 2. The van der Waals surface area contributed by atoms with Gasteiger partial charge in [0.1, 0.15) is 3.70 Å². The molecule has 2 heterocycles. The average molecular weight is 320 g/mol. The number of rotatable bonds is 1. The molecule has 0 aliphatic carbocycles. The lowest BCUT2D eigenvalue weighted by molar-refractivity contribution is 0.195. The van der Waals surface area contributed by atoms with E-state index in [2.05, 4.69) is 38.1 Å². The molecule has 1 aliphatic heterocycles. The van der Waals surface area contributed by atoms with Crippen LogP contribution in [-0.4, -0.2) is 27.2 Å². The third-order valence-corrected chi connectivity index (χ3v) is 3.19. The van der Waals surface area contributed by atoms with E-state index in [4.69, 9.17) is 0 Å². The fourth-order valence-electron chi connectivity index (χ4n) is 1.59. The van der Waals surface area contributed by atoms with Gasteiger partial charge in [-0.15, -0.1) is 0 Å². The smallest absolute Gasteiger partial charge is 0.318 e. The predicted molar refractivity (Wildman–Crippen MR) is 64.2 cm³/mol. The van der Waals surface area contributed by atoms with E-state index in [0.29, 0.717) is 13.1 Å². The number of carbonyl (C=O) groups is 1. The second-order valence-corrected chi connectivity index (χ2v) is 4.95. The van der Waals surface area contributed by atoms with Gasteiger partial charge in [-0.05, 0) is 36.4 Å². The lowest BCUT2D eigenvalue weighted by Gasteiger charge is -2.18. The minimum absolute atomic E-state index is 0.00889. The van der Waals surface area contributed by atoms with Gasteiger partial charge < -0.3 is 10.2 Å². The van der Waals surface area contributed by atoms with E-state index in [1.165, 1.54) is 0 Å². The molecule has 0 unspecified atom stereocenters. The number of amides is 2. The molecule has 2 N–H and O–H groups in total. The first-order chi connectivity index (χ1) is 7.08. The number of hydrogen-bond acceptors (Lipinski definition) is 2. The Morgan fingerprint density at radius 3 is 2.93 bits per heavy atom. The molecule has 0 spiro atoms. The topological polar surface area (TPSA) is 61.0 Å². The highest BCUT2D eigenvalue weighted by molar-refractivity contribution is 14.1. The van der Waals surface area contributed by atoms with Crippen LogP contribution >= 0.6 is 22.6 Å². The van der Waals surface area contributed by atoms with Gasteiger partial charge >= 0.3 is 6.03 Å². The quantitative estimate of drug-likeness (QED) is 0.770. The number of fused-ring (bicyclic) bond motifs is 1. The summed E-state index contributed by atoms with van der Waals surface area (Å²) in [6, 6.07) is 0.166. The van der Waals surface area contributed by atoms with Crippen LogP contribution < -0.4 is 5.32 Å². The number of halogens is 1. The summed E-state index contributed by atoms with van der Waals surface area (Å²) in [4.78, 5) is 13.5. The molecule has 1 aromatic rings. The van der Waals surface area contributed by atoms with Crippen LogP contribution in [0.1, 0.15) is 25.1 Å². The monoisotopic (exact) mass is 320 g/mol. The van der Waals surface area contributed by atoms with Crippen LogP contribution in [0.2, 0.25) is 0 Å². The summed E-state index contributed by atoms with van der Waals surface area (Å²) in [6.45, 7) is 5.20. The van der Waals surface area contributed by atoms with E-state index in [0.717, 1.165) is 15.0 Å². The van der Waals surface area contributed by atoms with Crippen LogP contribution in [0.5, 0.6) is 0 Å². The van der Waals surface area contributed by atoms with Crippen molar-refractivity contribution in [1.29, 1.82) is 0 Å². The van der Waals surface area contributed by atoms with Crippen LogP contribution in [0.3, 0.4) is 0 Å². The van der Waals surface area contributed by atoms with Crippen molar-refractivity contribution in [1.82, 2.24) is 20.4 Å². The van der Waals surface area contributed by atoms with E-state index in [9.17, 15) is 4.79 Å². The Morgan fingerprint density at radius 1 is 1.60 bits per heavy atom. The summed E-state index contributed by atoms with van der Waals surface area (Å²) in [7, 11) is 0. The number of aromatic amines is 1. The summed E-state index contributed by atoms with van der Waals surface area (Å²) in [5, 5.41) is 9.92. The van der Waals surface area contributed by atoms with Crippen molar-refractivity contribution in [3.05, 3.63) is 15.0 Å². The Hall–Kier alpha value is -0.790. The lowest BCUT2D eigenvalue weighted by Crippen LogP contribution is -2.40. The summed E-state index contributed by atoms with van der Waals surface area (Å²) < 4.78 is 0.961. The summed E-state index contributed by atoms with van der Waals surface area (Å²) in [5.41, 5.74) is 2.20. The van der Waals surface area contributed by atoms with E-state index >= 15 is 0 Å². The second kappa shape index (κ2) is 3.99. The number of nitrogens with one attached hydrogen (secondary N) is 2. The molecule has 0 saturated heterocycles. The van der Waals surface area contributed by atoms with Crippen LogP contribution in [0.25, 0.3) is 0 Å². The Labute approximate surface area is 102 Å². The third kappa shape index (κ3) is 2.09. The zero-order valence-electron chi connectivity index (χ0n) is 8.67. The van der Waals surface area contributed by atoms with Gasteiger partial charge in [-0.3, -0.25) is 5.10 Å². The molecule has 2 rings (SSSR count). The molecular formula is C9H13IN4O. The van der Waals surface area contributed by atoms with Gasteiger partial charge in [0.25, 0.3) is 0 Å². The van der Waals surface area contributed by atoms with Gasteiger partial charge in [0, 0.05) is 11.6 Å². The Morgan fingerprint density at radius 2 is 2.33 bits per heavy atom. The lowest BCUT2D eigenvalue weighted by atomic mass is 10.3. The zero-order valence-corrected chi connectivity index (χ0v) is 10.8. The van der Waals surface area contributed by atoms with Crippen LogP contribution in [0.15, 0.2) is 0 Å². The third-order valence-electron chi connectivity index (χ3n) is 2.30. The van der Waals surface area contributed by atoms with Gasteiger partial charge in [0.15, 0.2) is 0 Å². The van der Waals surface area contributed by atoms with Crippen molar-refractivity contribution in [3.8, 4) is 0 Å². The van der Waals surface area contributed by atoms with Gasteiger partial charge in [-0.1, -0.05) is 0 Å². The maximum Gasteiger partial charge on any atom is 0.318 e. The molecule has 0 bridgehead atoms. The van der Waals surface area contributed by atoms with Gasteiger partial charge in [-0.25, -0.2) is 4.79 Å². The minimum atomic E-state index is -0.00889. The predicted octanol–water partition coefficient (Wildman–Crippen LogP) is 1.45. The van der Waals surface area contributed by atoms with Crippen molar-refractivity contribution in [2.45, 2.75) is 33.0 Å². The molecule has 6 heteroatoms. The molecule has 15 heavy (non-hydrogen) atoms. The minimum Gasteiger partial charge on any atom is -0.336 e. The molecule has 0 fully saturated rings. The molecule has 0 aromatic carbocycles. The molecule has 1 aliphatic rings. The highest BCUT2D eigenvalue weighted by Crippen LogP contribution is 2.24. The molecule has 5 nitrogen and oxygen atoms in total. The number of hydrogen-bond donors (Lipinski definition) is 2. The van der Waals surface area contributed by atoms with Crippen molar-refractivity contribution in [3.63, 3.8) is 0 Å². The number of H-pyrrole nitrogens is 1. The summed E-state index contributed by atoms with van der Waals surface area (Å²) in [5.74, 6) is 0. The van der Waals surface area contributed by atoms with Crippen LogP contribution in [-0.2, 0) is 13.1 Å². The first kappa shape index (κ1) is 10.7. The van der Waals surface area contributed by atoms with Crippen molar-refractivity contribution >= 4 is 28.6 Å². The molecule has 0 saturated carbocycles. The Bertz CT molecular complexity index is 387. The molecule has 1 aromatic heterocycles. The first-order valence-corrected chi connectivity index (χ1v) is 5.93. The Balaban J connectivity index is 2.04. The maximum absolute atomic E-state index is 11.7. The van der Waals surface area contributed by atoms with Crippen LogP contribution in [0.4, 0.5) is 4.79 Å². The first-order valence-electron chi connectivity index (χ1n) is 4.85. The normalized spacial score (nSPS) is 14.5. The molecular weight excluding hydrogens is 307 g/mol. The zero-order chi connectivity index (χ0) is 11.0. The van der Waals surface area contributed by atoms with Crippen LogP contribution in [0, 0.1) is 3.70 Å². The molecule has 2 amide bonds. The second-order valence-electron chi connectivity index (χ2n) is 3.93. The van der Waals surface area contributed by atoms with E-state index in [-0.39, 0.29) is 12.1 Å². The Kier molecular flexibility index (Phi) is 2.85. The van der Waals surface area contributed by atoms with Gasteiger partial charge in [0.05, 0.1) is 18.8 Å². The van der Waals surface area contributed by atoms with E-state index in [1.54, 1.807) is 4.90 Å². The van der Waals surface area contributed by atoms with Gasteiger partial charge in [-0.2, -0.15) is 5.10 Å². The van der Waals surface area contributed by atoms with Crippen molar-refractivity contribution in [2.24, 2.45) is 0 Å².